The summed E-state index contributed by atoms with van der Waals surface area (Å²) in [6.07, 6.45) is -0.389. The van der Waals surface area contributed by atoms with Crippen molar-refractivity contribution in [2.24, 2.45) is 5.92 Å². The zero-order valence-electron chi connectivity index (χ0n) is 10.7. The van der Waals surface area contributed by atoms with Crippen LogP contribution in [0.25, 0.3) is 0 Å². The molecule has 1 amide bonds. The third-order valence-corrected chi connectivity index (χ3v) is 2.99. The summed E-state index contributed by atoms with van der Waals surface area (Å²) in [5.74, 6) is -0.502. The summed E-state index contributed by atoms with van der Waals surface area (Å²) in [7, 11) is 0. The molecule has 114 valence electrons. The molecule has 1 N–H and O–H groups in total. The first-order chi connectivity index (χ1) is 9.19. The Hall–Kier alpha value is -0.720. The van der Waals surface area contributed by atoms with Gasteiger partial charge in [0.1, 0.15) is 12.4 Å². The Bertz CT molecular complexity index is 396. The van der Waals surface area contributed by atoms with E-state index in [0.717, 1.165) is 0 Å². The molecule has 0 saturated carbocycles. The highest BCUT2D eigenvalue weighted by molar-refractivity contribution is 6.67. The first kappa shape index (κ1) is 17.3. The molecule has 0 aromatic carbocycles. The van der Waals surface area contributed by atoms with Gasteiger partial charge in [0, 0.05) is 12.5 Å². The van der Waals surface area contributed by atoms with Crippen LogP contribution in [0.2, 0.25) is 0 Å². The van der Waals surface area contributed by atoms with Gasteiger partial charge < -0.3 is 14.8 Å². The Kier molecular flexibility index (Phi) is 6.36. The van der Waals surface area contributed by atoms with Gasteiger partial charge in [0.05, 0.1) is 12.5 Å². The molecule has 1 aliphatic heterocycles. The summed E-state index contributed by atoms with van der Waals surface area (Å²) in [5, 5.41) is 2.62. The van der Waals surface area contributed by atoms with Gasteiger partial charge in [0.15, 0.2) is 0 Å². The number of ether oxygens (including phenoxy) is 2. The maximum atomic E-state index is 11.3. The summed E-state index contributed by atoms with van der Waals surface area (Å²) in [6, 6.07) is -0.194. The second-order valence-electron chi connectivity index (χ2n) is 4.42. The van der Waals surface area contributed by atoms with Crippen molar-refractivity contribution in [3.8, 4) is 0 Å². The number of alkyl halides is 3. The van der Waals surface area contributed by atoms with Gasteiger partial charge in [-0.25, -0.2) is 4.79 Å². The summed E-state index contributed by atoms with van der Waals surface area (Å²) >= 11 is 16.2. The predicted octanol–water partition coefficient (Wildman–Crippen LogP) is 1.99. The fourth-order valence-electron chi connectivity index (χ4n) is 1.76. The second-order valence-corrected chi connectivity index (χ2v) is 6.93. The van der Waals surface area contributed by atoms with Crippen molar-refractivity contribution in [3.63, 3.8) is 0 Å². The van der Waals surface area contributed by atoms with Crippen LogP contribution < -0.4 is 5.32 Å². The molecule has 6 nitrogen and oxygen atoms in total. The van der Waals surface area contributed by atoms with E-state index in [0.29, 0.717) is 6.42 Å². The van der Waals surface area contributed by atoms with Crippen LogP contribution in [0.3, 0.4) is 0 Å². The number of halogens is 3. The number of carbonyl (C=O) groups excluding carboxylic acids is 3. The fraction of sp³-hybridized carbons (Fsp3) is 0.727. The van der Waals surface area contributed by atoms with Crippen LogP contribution in [0, 0.1) is 5.92 Å². The summed E-state index contributed by atoms with van der Waals surface area (Å²) in [5.41, 5.74) is 0. The number of rotatable bonds is 6. The Morgan fingerprint density at radius 2 is 1.95 bits per heavy atom. The standard InChI is InChI=1S/C11H14Cl3NO5/c1-6(16)4-8-7(9(17)15-8)2-3-19-10(18)20-5-11(12,13)14/h7-8H,2-5H2,1H3,(H,15,17)/t7-,8-/m1/s1. The second kappa shape index (κ2) is 7.33. The lowest BCUT2D eigenvalue weighted by molar-refractivity contribution is -0.137. The molecule has 0 unspecified atom stereocenters. The number of hydrogen-bond acceptors (Lipinski definition) is 5. The largest absolute Gasteiger partial charge is 0.508 e. The van der Waals surface area contributed by atoms with Crippen LogP contribution in [-0.2, 0) is 19.1 Å². The molecule has 1 aliphatic rings. The summed E-state index contributed by atoms with van der Waals surface area (Å²) in [6.45, 7) is 1.02. The average molecular weight is 347 g/mol. The van der Waals surface area contributed by atoms with Crippen LogP contribution in [0.1, 0.15) is 19.8 Å². The number of amides is 1. The van der Waals surface area contributed by atoms with Crippen molar-refractivity contribution >= 4 is 52.6 Å². The molecule has 1 rings (SSSR count). The lowest BCUT2D eigenvalue weighted by Gasteiger charge is -2.36. The minimum Gasteiger partial charge on any atom is -0.434 e. The van der Waals surface area contributed by atoms with Gasteiger partial charge in [0.2, 0.25) is 9.70 Å². The van der Waals surface area contributed by atoms with Gasteiger partial charge in [-0.1, -0.05) is 34.8 Å². The van der Waals surface area contributed by atoms with Gasteiger partial charge >= 0.3 is 6.16 Å². The van der Waals surface area contributed by atoms with E-state index in [-0.39, 0.29) is 36.7 Å². The third-order valence-electron chi connectivity index (χ3n) is 2.66. The summed E-state index contributed by atoms with van der Waals surface area (Å²) < 4.78 is 7.59. The number of ketones is 1. The van der Waals surface area contributed by atoms with E-state index in [1.54, 1.807) is 0 Å². The van der Waals surface area contributed by atoms with Gasteiger partial charge in [-0.15, -0.1) is 0 Å². The van der Waals surface area contributed by atoms with Gasteiger partial charge in [-0.05, 0) is 13.3 Å². The zero-order chi connectivity index (χ0) is 15.3. The fourth-order valence-corrected chi connectivity index (χ4v) is 1.93. The molecule has 0 bridgehead atoms. The van der Waals surface area contributed by atoms with Gasteiger partial charge in [-0.2, -0.15) is 0 Å². The summed E-state index contributed by atoms with van der Waals surface area (Å²) in [4.78, 5) is 33.4. The molecule has 1 heterocycles. The Morgan fingerprint density at radius 3 is 2.45 bits per heavy atom. The van der Waals surface area contributed by atoms with E-state index in [4.69, 9.17) is 39.5 Å². The number of Topliss-reactive ketones (excluding diaryl/α,β-unsaturated/α-hetero) is 1. The topological polar surface area (TPSA) is 81.7 Å². The first-order valence-corrected chi connectivity index (χ1v) is 6.98. The van der Waals surface area contributed by atoms with Crippen molar-refractivity contribution in [3.05, 3.63) is 0 Å². The van der Waals surface area contributed by atoms with Gasteiger partial charge in [-0.3, -0.25) is 9.59 Å². The highest BCUT2D eigenvalue weighted by Gasteiger charge is 2.39. The molecule has 1 fully saturated rings. The lowest BCUT2D eigenvalue weighted by Crippen LogP contribution is -2.58. The van der Waals surface area contributed by atoms with Crippen LogP contribution in [-0.4, -0.2) is 40.9 Å². The maximum Gasteiger partial charge on any atom is 0.508 e. The van der Waals surface area contributed by atoms with E-state index in [1.165, 1.54) is 6.92 Å². The molecular formula is C11H14Cl3NO5. The lowest BCUT2D eigenvalue weighted by atomic mass is 9.85. The maximum absolute atomic E-state index is 11.3. The highest BCUT2D eigenvalue weighted by Crippen LogP contribution is 2.26. The van der Waals surface area contributed by atoms with E-state index in [1.807, 2.05) is 0 Å². The van der Waals surface area contributed by atoms with Crippen molar-refractivity contribution in [1.29, 1.82) is 0 Å². The number of carbonyl (C=O) groups is 3. The van der Waals surface area contributed by atoms with Gasteiger partial charge in [0.25, 0.3) is 0 Å². The van der Waals surface area contributed by atoms with Crippen LogP contribution in [0.15, 0.2) is 0 Å². The Balaban J connectivity index is 2.21. The molecule has 2 atom stereocenters. The molecule has 0 aliphatic carbocycles. The molecule has 1 saturated heterocycles. The van der Waals surface area contributed by atoms with Crippen molar-refractivity contribution in [2.45, 2.75) is 29.6 Å². The minimum absolute atomic E-state index is 0.00875. The molecule has 0 aromatic heterocycles. The van der Waals surface area contributed by atoms with E-state index < -0.39 is 16.6 Å². The normalized spacial score (nSPS) is 21.7. The van der Waals surface area contributed by atoms with Crippen molar-refractivity contribution < 1.29 is 23.9 Å². The van der Waals surface area contributed by atoms with E-state index >= 15 is 0 Å². The number of nitrogens with one attached hydrogen (secondary N) is 1. The number of β-lactam (4-membered cyclic amide) rings is 1. The van der Waals surface area contributed by atoms with Crippen molar-refractivity contribution in [1.82, 2.24) is 5.32 Å². The van der Waals surface area contributed by atoms with Crippen LogP contribution in [0.5, 0.6) is 0 Å². The average Bonchev–Trinajstić information content (AvgIpc) is 2.30. The van der Waals surface area contributed by atoms with Crippen molar-refractivity contribution in [2.75, 3.05) is 13.2 Å². The first-order valence-electron chi connectivity index (χ1n) is 5.85. The zero-order valence-corrected chi connectivity index (χ0v) is 12.9. The molecule has 0 spiro atoms. The Morgan fingerprint density at radius 1 is 1.30 bits per heavy atom. The molecule has 0 aromatic rings. The quantitative estimate of drug-likeness (QED) is 0.452. The SMILES string of the molecule is CC(=O)C[C@H]1NC(=O)[C@@H]1CCOC(=O)OCC(Cl)(Cl)Cl. The molecule has 9 heteroatoms. The molecule has 0 radical (unpaired) electrons. The van der Waals surface area contributed by atoms with Crippen LogP contribution >= 0.6 is 34.8 Å². The molecular weight excluding hydrogens is 332 g/mol. The smallest absolute Gasteiger partial charge is 0.434 e. The number of hydrogen-bond donors (Lipinski definition) is 1. The Labute approximate surface area is 131 Å². The van der Waals surface area contributed by atoms with E-state index in [2.05, 4.69) is 10.1 Å². The molecule has 20 heavy (non-hydrogen) atoms. The minimum atomic E-state index is -1.69. The predicted molar refractivity (Wildman–Crippen MR) is 72.9 cm³/mol. The monoisotopic (exact) mass is 345 g/mol. The highest BCUT2D eigenvalue weighted by atomic mass is 35.6. The van der Waals surface area contributed by atoms with E-state index in [9.17, 15) is 14.4 Å². The third kappa shape index (κ3) is 6.15. The van der Waals surface area contributed by atoms with Crippen LogP contribution in [0.4, 0.5) is 4.79 Å².